The van der Waals surface area contributed by atoms with Crippen molar-refractivity contribution in [3.8, 4) is 5.69 Å². The number of nitrogens with zero attached hydrogens (tertiary/aromatic N) is 3. The maximum Gasteiger partial charge on any atom is 0.169 e. The second kappa shape index (κ2) is 12.0. The fourth-order valence-electron chi connectivity index (χ4n) is 7.77. The van der Waals surface area contributed by atoms with Crippen LogP contribution in [0.4, 0.5) is 0 Å². The summed E-state index contributed by atoms with van der Waals surface area (Å²) in [5, 5.41) is 8.73. The standard InChI is InChI=1S/C45H34N4S/c1-3-12-29(13-4-1)30-22-24-32(25-23-30)44-46-43(31-14-5-2-6-15-31)47-45(48-44)33-26-27-36-37-18-11-21-40(42(37)50-41(36)28-33)49-38-19-9-7-16-34(38)35-17-8-10-20-39(35)49/h1-5,7-14,16-22,24-28,30,45H,6,15,23H2,(H,46,47,48). The highest BCUT2D eigenvalue weighted by molar-refractivity contribution is 7.26. The quantitative estimate of drug-likeness (QED) is 0.196. The molecule has 1 N–H and O–H groups in total. The van der Waals surface area contributed by atoms with Gasteiger partial charge in [-0.2, -0.15) is 0 Å². The summed E-state index contributed by atoms with van der Waals surface area (Å²) in [5.74, 6) is 2.19. The molecule has 2 aliphatic carbocycles. The Morgan fingerprint density at radius 2 is 1.46 bits per heavy atom. The molecule has 0 spiro atoms. The highest BCUT2D eigenvalue weighted by Crippen LogP contribution is 2.42. The number of nitrogens with one attached hydrogen (secondary N) is 1. The van der Waals surface area contributed by atoms with Crippen LogP contribution in [0, 0.1) is 0 Å². The lowest BCUT2D eigenvalue weighted by molar-refractivity contribution is 0.752. The van der Waals surface area contributed by atoms with Crippen molar-refractivity contribution in [2.75, 3.05) is 0 Å². The third-order valence-corrected chi connectivity index (χ3v) is 11.5. The number of thiophene rings is 1. The second-order valence-electron chi connectivity index (χ2n) is 13.3. The third kappa shape index (κ3) is 4.88. The number of hydrogen-bond donors (Lipinski definition) is 1. The number of rotatable bonds is 5. The number of fused-ring (bicyclic) bond motifs is 6. The first-order valence-corrected chi connectivity index (χ1v) is 18.3. The summed E-state index contributed by atoms with van der Waals surface area (Å²) in [4.78, 5) is 10.5. The van der Waals surface area contributed by atoms with E-state index in [0.717, 1.165) is 42.1 Å². The molecule has 0 saturated carbocycles. The molecule has 2 atom stereocenters. The van der Waals surface area contributed by atoms with Crippen molar-refractivity contribution >= 4 is 65.0 Å². The average Bonchev–Trinajstić information content (AvgIpc) is 3.74. The van der Waals surface area contributed by atoms with E-state index in [0.29, 0.717) is 5.92 Å². The lowest BCUT2D eigenvalue weighted by Crippen LogP contribution is -2.37. The van der Waals surface area contributed by atoms with Crippen molar-refractivity contribution in [2.45, 2.75) is 31.3 Å². The number of amidine groups is 2. The Morgan fingerprint density at radius 3 is 2.22 bits per heavy atom. The van der Waals surface area contributed by atoms with Gasteiger partial charge in [0.25, 0.3) is 0 Å². The summed E-state index contributed by atoms with van der Waals surface area (Å²) in [6, 6.07) is 41.7. The molecule has 0 bridgehead atoms. The molecule has 5 aromatic carbocycles. The van der Waals surface area contributed by atoms with E-state index in [1.165, 1.54) is 58.8 Å². The van der Waals surface area contributed by atoms with Crippen molar-refractivity contribution in [1.29, 1.82) is 0 Å². The molecule has 50 heavy (non-hydrogen) atoms. The van der Waals surface area contributed by atoms with Crippen LogP contribution in [0.5, 0.6) is 0 Å². The maximum absolute atomic E-state index is 5.26. The number of aromatic nitrogens is 1. The molecule has 0 radical (unpaired) electrons. The number of aliphatic imine (C=N–C) groups is 2. The van der Waals surface area contributed by atoms with Crippen LogP contribution >= 0.6 is 11.3 Å². The summed E-state index contributed by atoms with van der Waals surface area (Å²) in [6.07, 6.45) is 16.0. The van der Waals surface area contributed by atoms with E-state index in [1.807, 2.05) is 11.3 Å². The van der Waals surface area contributed by atoms with Gasteiger partial charge in [0.15, 0.2) is 6.17 Å². The predicted octanol–water partition coefficient (Wildman–Crippen LogP) is 11.5. The van der Waals surface area contributed by atoms with Crippen LogP contribution < -0.4 is 5.32 Å². The fraction of sp³-hybridized carbons (Fsp3) is 0.111. The Kier molecular flexibility index (Phi) is 6.98. The van der Waals surface area contributed by atoms with Gasteiger partial charge in [0, 0.05) is 37.7 Å². The van der Waals surface area contributed by atoms with Crippen molar-refractivity contribution in [2.24, 2.45) is 9.98 Å². The average molecular weight is 663 g/mol. The Labute approximate surface area is 294 Å². The molecule has 3 heterocycles. The van der Waals surface area contributed by atoms with Crippen LogP contribution in [0.15, 0.2) is 173 Å². The largest absolute Gasteiger partial charge is 0.325 e. The second-order valence-corrected chi connectivity index (χ2v) is 14.3. The summed E-state index contributed by atoms with van der Waals surface area (Å²) < 4.78 is 4.97. The van der Waals surface area contributed by atoms with Crippen molar-refractivity contribution < 1.29 is 0 Å². The van der Waals surface area contributed by atoms with Gasteiger partial charge in [-0.05, 0) is 60.2 Å². The molecule has 1 aliphatic heterocycles. The molecule has 10 rings (SSSR count). The van der Waals surface area contributed by atoms with E-state index in [4.69, 9.17) is 9.98 Å². The zero-order chi connectivity index (χ0) is 33.0. The first-order chi connectivity index (χ1) is 24.8. The Hall–Kier alpha value is -5.78. The molecule has 0 fully saturated rings. The molecular formula is C45H34N4S. The van der Waals surface area contributed by atoms with E-state index in [-0.39, 0.29) is 6.17 Å². The lowest BCUT2D eigenvalue weighted by Gasteiger charge is -2.26. The third-order valence-electron chi connectivity index (χ3n) is 10.3. The van der Waals surface area contributed by atoms with Crippen LogP contribution in [0.1, 0.15) is 42.5 Å². The lowest BCUT2D eigenvalue weighted by atomic mass is 9.90. The van der Waals surface area contributed by atoms with Gasteiger partial charge in [-0.1, -0.05) is 127 Å². The minimum atomic E-state index is -0.333. The van der Waals surface area contributed by atoms with Crippen LogP contribution in [0.25, 0.3) is 47.7 Å². The van der Waals surface area contributed by atoms with Crippen LogP contribution in [0.2, 0.25) is 0 Å². The SMILES string of the molecule is C1=CCCC(C2=NC(c3ccc4c(c3)sc3c(-n5c6ccccc6c6ccccc65)cccc34)N=C(C3=CCC(c4ccccc4)C=C3)N2)=C1. The molecule has 2 aromatic heterocycles. The van der Waals surface area contributed by atoms with Crippen LogP contribution in [-0.2, 0) is 0 Å². The summed E-state index contributed by atoms with van der Waals surface area (Å²) in [7, 11) is 0. The zero-order valence-corrected chi connectivity index (χ0v) is 28.3. The highest BCUT2D eigenvalue weighted by Gasteiger charge is 2.25. The molecule has 240 valence electrons. The number of allylic oxidation sites excluding steroid dienone is 5. The van der Waals surface area contributed by atoms with Gasteiger partial charge in [-0.15, -0.1) is 11.3 Å². The monoisotopic (exact) mass is 662 g/mol. The van der Waals surface area contributed by atoms with Crippen molar-refractivity contribution in [1.82, 2.24) is 9.88 Å². The highest BCUT2D eigenvalue weighted by atomic mass is 32.1. The van der Waals surface area contributed by atoms with Crippen LogP contribution in [-0.4, -0.2) is 16.2 Å². The Bertz CT molecular complexity index is 2610. The minimum absolute atomic E-state index is 0.333. The zero-order valence-electron chi connectivity index (χ0n) is 27.5. The van der Waals surface area contributed by atoms with Gasteiger partial charge in [0.05, 0.1) is 21.4 Å². The summed E-state index contributed by atoms with van der Waals surface area (Å²) >= 11 is 1.86. The molecular weight excluding hydrogens is 629 g/mol. The topological polar surface area (TPSA) is 41.7 Å². The van der Waals surface area contributed by atoms with E-state index in [1.54, 1.807) is 0 Å². The maximum atomic E-state index is 5.26. The minimum Gasteiger partial charge on any atom is -0.325 e. The fourth-order valence-corrected chi connectivity index (χ4v) is 9.03. The first kappa shape index (κ1) is 29.2. The van der Waals surface area contributed by atoms with E-state index < -0.39 is 0 Å². The normalized spacial score (nSPS) is 19.0. The van der Waals surface area contributed by atoms with E-state index >= 15 is 0 Å². The van der Waals surface area contributed by atoms with Gasteiger partial charge < -0.3 is 9.88 Å². The molecule has 3 aliphatic rings. The van der Waals surface area contributed by atoms with Crippen molar-refractivity contribution in [3.63, 3.8) is 0 Å². The van der Waals surface area contributed by atoms with Gasteiger partial charge in [0.2, 0.25) is 0 Å². The van der Waals surface area contributed by atoms with Gasteiger partial charge >= 0.3 is 0 Å². The van der Waals surface area contributed by atoms with Crippen molar-refractivity contribution in [3.05, 3.63) is 174 Å². The molecule has 5 heteroatoms. The van der Waals surface area contributed by atoms with Crippen LogP contribution in [0.3, 0.4) is 0 Å². The number of benzene rings is 5. The summed E-state index contributed by atoms with van der Waals surface area (Å²) in [6.45, 7) is 0. The molecule has 2 unspecified atom stereocenters. The molecule has 4 nitrogen and oxygen atoms in total. The summed E-state index contributed by atoms with van der Waals surface area (Å²) in [5.41, 5.74) is 8.47. The molecule has 7 aromatic rings. The van der Waals surface area contributed by atoms with E-state index in [2.05, 4.69) is 162 Å². The Morgan fingerprint density at radius 1 is 0.700 bits per heavy atom. The van der Waals surface area contributed by atoms with E-state index in [9.17, 15) is 0 Å². The predicted molar refractivity (Wildman–Crippen MR) is 212 cm³/mol. The molecule has 0 amide bonds. The van der Waals surface area contributed by atoms with Gasteiger partial charge in [-0.3, -0.25) is 0 Å². The smallest absolute Gasteiger partial charge is 0.169 e. The number of hydrogen-bond acceptors (Lipinski definition) is 4. The Balaban J connectivity index is 1.07. The molecule has 0 saturated heterocycles. The van der Waals surface area contributed by atoms with Gasteiger partial charge in [-0.25, -0.2) is 9.98 Å². The van der Waals surface area contributed by atoms with Gasteiger partial charge in [0.1, 0.15) is 11.7 Å². The first-order valence-electron chi connectivity index (χ1n) is 17.4. The number of para-hydroxylation sites is 2.